The van der Waals surface area contributed by atoms with E-state index < -0.39 is 9.98 Å². The van der Waals surface area contributed by atoms with Gasteiger partial charge in [0.05, 0.1) is 0 Å². The van der Waals surface area contributed by atoms with E-state index in [2.05, 4.69) is 41.0 Å². The first-order valence-corrected chi connectivity index (χ1v) is 24.2. The molecule has 0 amide bonds. The van der Waals surface area contributed by atoms with E-state index in [9.17, 15) is 0 Å². The maximum atomic E-state index is 2.82. The second kappa shape index (κ2) is 29.6. The Balaban J connectivity index is -0.00000000450. The Morgan fingerprint density at radius 3 is 1.44 bits per heavy atom. The first-order valence-electron chi connectivity index (χ1n) is 0.992. The third kappa shape index (κ3) is 50.3. The molecule has 0 rings (SSSR count). The fourth-order valence-electron chi connectivity index (χ4n) is 0. The molecule has 0 radical (unpaired) electrons. The Labute approximate surface area is 203 Å². The van der Waals surface area contributed by atoms with E-state index in [4.69, 9.17) is 0 Å². The van der Waals surface area contributed by atoms with Gasteiger partial charge in [0.2, 0.25) is 0 Å². The number of hydrogen-bond donors (Lipinski definition) is 0. The van der Waals surface area contributed by atoms with Crippen LogP contribution in [0.15, 0.2) is 0 Å². The molecule has 43 valence electrons. The fraction of sp³-hybridized carbons (Fsp3) is 0. The fourth-order valence-corrected chi connectivity index (χ4v) is 0. The molecule has 0 aliphatic rings. The first-order chi connectivity index (χ1) is 1.73. The second-order valence-electron chi connectivity index (χ2n) is 0.456. The van der Waals surface area contributed by atoms with Gasteiger partial charge in [-0.15, -0.1) is 0 Å². The number of halogens is 1. The summed E-state index contributed by atoms with van der Waals surface area (Å²) in [5, 5.41) is 0. The van der Waals surface area contributed by atoms with E-state index >= 15 is 0 Å². The molecule has 0 saturated carbocycles. The topological polar surface area (TPSA) is 0 Å². The Bertz CT molecular complexity index is 33.3. The van der Waals surface area contributed by atoms with Crippen LogP contribution in [0.1, 0.15) is 0 Å². The van der Waals surface area contributed by atoms with E-state index in [1.54, 1.807) is 0 Å². The van der Waals surface area contributed by atoms with Gasteiger partial charge in [0, 0.05) is 17.1 Å². The zero-order valence-corrected chi connectivity index (χ0v) is 11.7. The molecule has 0 aromatic carbocycles. The van der Waals surface area contributed by atoms with Crippen LogP contribution >= 0.6 is 27.3 Å². The van der Waals surface area contributed by atoms with Crippen LogP contribution in [0.2, 0.25) is 0 Å². The molecule has 1 unspecified atom stereocenters. The van der Waals surface area contributed by atoms with E-state index in [0.717, 1.165) is 0 Å². The molecule has 0 spiro atoms. The molecule has 0 nitrogen and oxygen atoms in total. The van der Waals surface area contributed by atoms with Gasteiger partial charge in [0.1, 0.15) is 0 Å². The molecule has 9 heteroatoms. The molecule has 0 bridgehead atoms. The molecule has 0 heterocycles. The molecule has 0 aromatic rings. The Hall–Kier alpha value is 7.48. The van der Waals surface area contributed by atoms with Gasteiger partial charge in [-0.05, 0) is 0 Å². The van der Waals surface area contributed by atoms with E-state index in [1.807, 2.05) is 0 Å². The monoisotopic (exact) mass is 493 g/mol. The van der Waals surface area contributed by atoms with Gasteiger partial charge in [0.15, 0.2) is 0 Å². The normalized spacial score (nSPS) is 3.00. The number of hydrogen-bond acceptors (Lipinski definition) is 0. The van der Waals surface area contributed by atoms with Gasteiger partial charge in [0.25, 0.3) is 0 Å². The van der Waals surface area contributed by atoms with E-state index in [1.165, 1.54) is 0 Å². The average molecular weight is 494 g/mol. The van der Waals surface area contributed by atoms with Crippen molar-refractivity contribution in [2.75, 3.05) is 0 Å². The van der Waals surface area contributed by atoms with Crippen molar-refractivity contribution in [2.45, 2.75) is 0 Å². The molecule has 0 N–H and O–H groups in total. The molecule has 0 saturated heterocycles. The summed E-state index contributed by atoms with van der Waals surface area (Å²) < 4.78 is 0. The summed E-state index contributed by atoms with van der Waals surface area (Å²) in [4.78, 5) is 0. The predicted molar refractivity (Wildman–Crippen MR) is 62.3 cm³/mol. The molecule has 0 aliphatic heterocycles. The van der Waals surface area contributed by atoms with Crippen molar-refractivity contribution in [3.63, 3.8) is 0 Å². The summed E-state index contributed by atoms with van der Waals surface area (Å²) in [5.74, 6) is 0. The van der Waals surface area contributed by atoms with E-state index in [-0.39, 0.29) is 159 Å². The molecule has 9 heavy (non-hydrogen) atoms. The van der Waals surface area contributed by atoms with Gasteiger partial charge < -0.3 is 0 Å². The second-order valence-corrected chi connectivity index (χ2v) is 52.6. The predicted octanol–water partition coefficient (Wildman–Crippen LogP) is -2.57. The molecule has 0 fully saturated rings. The zero-order valence-electron chi connectivity index (χ0n) is 2.46. The van der Waals surface area contributed by atoms with Gasteiger partial charge in [-0.25, -0.2) is 0 Å². The molecule has 1 atom stereocenters. The summed E-state index contributed by atoms with van der Waals surface area (Å²) in [6, 6.07) is 0. The van der Waals surface area contributed by atoms with Crippen molar-refractivity contribution < 1.29 is 27.0 Å². The summed E-state index contributed by atoms with van der Waals surface area (Å²) in [6.45, 7) is 0. The van der Waals surface area contributed by atoms with Crippen molar-refractivity contribution in [1.82, 2.24) is 0 Å². The summed E-state index contributed by atoms with van der Waals surface area (Å²) >= 11 is 5.18. The minimum absolute atomic E-state index is 0. The zero-order chi connectivity index (χ0) is 3.58. The molecular formula is H9CaFeIKMgNaPSeZn. The molecule has 0 aliphatic carbocycles. The Morgan fingerprint density at radius 1 is 1.44 bits per heavy atom. The SMILES string of the molecule is [CaH2].[Fe].[KH].[MgH2].[NaH].[PH2][Zn]([SeH])[I]. The van der Waals surface area contributed by atoms with Crippen molar-refractivity contribution in [3.8, 4) is 0 Å². The Kier molecular flexibility index (Phi) is 118. The first kappa shape index (κ1) is 36.0. The van der Waals surface area contributed by atoms with Crippen molar-refractivity contribution in [2.24, 2.45) is 0 Å². The van der Waals surface area contributed by atoms with Crippen molar-refractivity contribution in [1.29, 1.82) is 0 Å². The third-order valence-electron chi connectivity index (χ3n) is 0. The molecular weight excluding hydrogens is 485 g/mol. The van der Waals surface area contributed by atoms with Crippen LogP contribution in [0.4, 0.5) is 0 Å². The third-order valence-corrected chi connectivity index (χ3v) is 0. The van der Waals surface area contributed by atoms with Gasteiger partial charge >= 0.3 is 193 Å². The van der Waals surface area contributed by atoms with Gasteiger partial charge in [-0.3, -0.25) is 0 Å². The van der Waals surface area contributed by atoms with Crippen LogP contribution in [0, 0.1) is 0 Å². The number of rotatable bonds is 0. The van der Waals surface area contributed by atoms with Crippen molar-refractivity contribution >= 4 is 183 Å². The van der Waals surface area contributed by atoms with Crippen LogP contribution < -0.4 is 0 Å². The molecule has 0 aromatic heterocycles. The standard InChI is InChI=1S/Ca.Fe.HI.K.Mg.Na.H2P.H2Se.Zn.6H/h;;1H;;;;2*1H2;;;;;;;/q;;;;;;-1;;+3;;;;;;/p-2. The maximum absolute atomic E-state index is 2.82. The minimum atomic E-state index is -0.801. The summed E-state index contributed by atoms with van der Waals surface area (Å²) in [5.41, 5.74) is 0. The van der Waals surface area contributed by atoms with E-state index in [0.29, 0.717) is 0 Å². The van der Waals surface area contributed by atoms with Crippen LogP contribution in [-0.2, 0) is 27.0 Å². The van der Waals surface area contributed by atoms with Crippen LogP contribution in [0.25, 0.3) is 0 Å². The van der Waals surface area contributed by atoms with Crippen LogP contribution in [-0.4, -0.2) is 155 Å². The quantitative estimate of drug-likeness (QED) is 0.198. The van der Waals surface area contributed by atoms with Crippen molar-refractivity contribution in [3.05, 3.63) is 0 Å². The summed E-state index contributed by atoms with van der Waals surface area (Å²) in [6.07, 6.45) is 0. The van der Waals surface area contributed by atoms with Gasteiger partial charge in [-0.1, -0.05) is 0 Å². The van der Waals surface area contributed by atoms with Crippen LogP contribution in [0.3, 0.4) is 0 Å². The average Bonchev–Trinajstić information content (AvgIpc) is 0.811. The Morgan fingerprint density at radius 2 is 1.44 bits per heavy atom. The van der Waals surface area contributed by atoms with Gasteiger partial charge in [-0.2, -0.15) is 0 Å². The van der Waals surface area contributed by atoms with Crippen LogP contribution in [0.5, 0.6) is 0 Å². The summed E-state index contributed by atoms with van der Waals surface area (Å²) in [7, 11) is 2.02.